The van der Waals surface area contributed by atoms with Gasteiger partial charge >= 0.3 is 0 Å². The number of hydrogen-bond acceptors (Lipinski definition) is 3. The van der Waals surface area contributed by atoms with Crippen molar-refractivity contribution in [1.29, 1.82) is 0 Å². The second-order valence-electron chi connectivity index (χ2n) is 5.93. The molecule has 2 heterocycles. The minimum atomic E-state index is -0.132. The van der Waals surface area contributed by atoms with Gasteiger partial charge in [-0.05, 0) is 23.3 Å². The molecule has 0 bridgehead atoms. The van der Waals surface area contributed by atoms with Crippen LogP contribution in [0.4, 0.5) is 0 Å². The number of carbonyl (C=O) groups excluding carboxylic acids is 1. The van der Waals surface area contributed by atoms with E-state index in [2.05, 4.69) is 10.1 Å². The zero-order valence-electron chi connectivity index (χ0n) is 13.6. The Morgan fingerprint density at radius 3 is 2.32 bits per heavy atom. The highest BCUT2D eigenvalue weighted by Gasteiger charge is 2.33. The van der Waals surface area contributed by atoms with Gasteiger partial charge in [0.15, 0.2) is 0 Å². The molecule has 4 nitrogen and oxygen atoms in total. The summed E-state index contributed by atoms with van der Waals surface area (Å²) >= 11 is 0. The molecule has 1 unspecified atom stereocenters. The quantitative estimate of drug-likeness (QED) is 0.728. The summed E-state index contributed by atoms with van der Waals surface area (Å²) in [6.45, 7) is 0. The fraction of sp³-hybridized carbons (Fsp3) is 0.0952. The molecular weight excluding hydrogens is 310 g/mol. The lowest BCUT2D eigenvalue weighted by Crippen LogP contribution is -2.27. The number of carbonyl (C=O) groups is 1. The Kier molecular flexibility index (Phi) is 4.09. The van der Waals surface area contributed by atoms with E-state index in [1.807, 2.05) is 60.7 Å². The maximum atomic E-state index is 13.0. The standard InChI is InChI=1S/C21H17N3O/c25-21(18-12-7-13-22-15-18)24-20(17-10-5-2-6-11-17)14-19(23-24)16-8-3-1-4-9-16/h1-13,15,20H,14H2. The van der Waals surface area contributed by atoms with E-state index in [0.29, 0.717) is 12.0 Å². The van der Waals surface area contributed by atoms with E-state index in [1.165, 1.54) is 0 Å². The van der Waals surface area contributed by atoms with Gasteiger partial charge < -0.3 is 0 Å². The highest BCUT2D eigenvalue weighted by molar-refractivity contribution is 6.04. The van der Waals surface area contributed by atoms with Gasteiger partial charge in [0.05, 0.1) is 17.3 Å². The maximum Gasteiger partial charge on any atom is 0.276 e. The van der Waals surface area contributed by atoms with Crippen LogP contribution in [0.1, 0.15) is 33.9 Å². The molecule has 0 spiro atoms. The van der Waals surface area contributed by atoms with E-state index in [0.717, 1.165) is 16.8 Å². The normalized spacial score (nSPS) is 16.6. The van der Waals surface area contributed by atoms with Crippen LogP contribution in [0.2, 0.25) is 0 Å². The lowest BCUT2D eigenvalue weighted by molar-refractivity contribution is 0.0711. The molecule has 0 saturated carbocycles. The molecule has 2 aromatic carbocycles. The first-order valence-electron chi connectivity index (χ1n) is 8.24. The third-order valence-corrected chi connectivity index (χ3v) is 4.32. The Morgan fingerprint density at radius 2 is 1.64 bits per heavy atom. The van der Waals surface area contributed by atoms with Gasteiger partial charge in [0.1, 0.15) is 0 Å². The third kappa shape index (κ3) is 3.06. The van der Waals surface area contributed by atoms with Crippen molar-refractivity contribution in [2.75, 3.05) is 0 Å². The summed E-state index contributed by atoms with van der Waals surface area (Å²) in [7, 11) is 0. The molecule has 0 fully saturated rings. The summed E-state index contributed by atoms with van der Waals surface area (Å²) in [4.78, 5) is 17.0. The molecule has 1 aliphatic rings. The summed E-state index contributed by atoms with van der Waals surface area (Å²) < 4.78 is 0. The minimum Gasteiger partial charge on any atom is -0.267 e. The van der Waals surface area contributed by atoms with Gasteiger partial charge in [-0.25, -0.2) is 5.01 Å². The van der Waals surface area contributed by atoms with E-state index >= 15 is 0 Å². The molecule has 122 valence electrons. The van der Waals surface area contributed by atoms with Crippen LogP contribution in [0.5, 0.6) is 0 Å². The van der Waals surface area contributed by atoms with Crippen molar-refractivity contribution in [2.24, 2.45) is 5.10 Å². The summed E-state index contributed by atoms with van der Waals surface area (Å²) in [5.41, 5.74) is 3.59. The number of rotatable bonds is 3. The Hall–Kier alpha value is -3.27. The Balaban J connectivity index is 1.73. The van der Waals surface area contributed by atoms with Crippen molar-refractivity contribution < 1.29 is 4.79 Å². The van der Waals surface area contributed by atoms with Crippen LogP contribution in [-0.4, -0.2) is 21.6 Å². The van der Waals surface area contributed by atoms with Gasteiger partial charge in [0.2, 0.25) is 0 Å². The Morgan fingerprint density at radius 1 is 0.920 bits per heavy atom. The van der Waals surface area contributed by atoms with Crippen molar-refractivity contribution in [3.8, 4) is 0 Å². The number of nitrogens with zero attached hydrogens (tertiary/aromatic N) is 3. The highest BCUT2D eigenvalue weighted by atomic mass is 16.2. The number of hydrogen-bond donors (Lipinski definition) is 0. The second kappa shape index (κ2) is 6.69. The Bertz CT molecular complexity index is 892. The topological polar surface area (TPSA) is 45.6 Å². The largest absolute Gasteiger partial charge is 0.276 e. The molecule has 0 aliphatic carbocycles. The molecule has 4 heteroatoms. The van der Waals surface area contributed by atoms with E-state index in [1.54, 1.807) is 29.5 Å². The van der Waals surface area contributed by atoms with Crippen LogP contribution in [-0.2, 0) is 0 Å². The fourth-order valence-corrected chi connectivity index (χ4v) is 3.06. The monoisotopic (exact) mass is 327 g/mol. The lowest BCUT2D eigenvalue weighted by Gasteiger charge is -2.21. The second-order valence-corrected chi connectivity index (χ2v) is 5.93. The van der Waals surface area contributed by atoms with Gasteiger partial charge in [-0.15, -0.1) is 0 Å². The van der Waals surface area contributed by atoms with Gasteiger partial charge in [-0.2, -0.15) is 5.10 Å². The van der Waals surface area contributed by atoms with Gasteiger partial charge in [0, 0.05) is 18.8 Å². The van der Waals surface area contributed by atoms with Crippen LogP contribution in [0.25, 0.3) is 0 Å². The Labute approximate surface area is 146 Å². The molecule has 0 radical (unpaired) electrons. The molecule has 0 N–H and O–H groups in total. The van der Waals surface area contributed by atoms with Crippen molar-refractivity contribution in [2.45, 2.75) is 12.5 Å². The lowest BCUT2D eigenvalue weighted by atomic mass is 9.98. The highest BCUT2D eigenvalue weighted by Crippen LogP contribution is 2.33. The first kappa shape index (κ1) is 15.3. The number of pyridine rings is 1. The average Bonchev–Trinajstić information content (AvgIpc) is 3.15. The van der Waals surface area contributed by atoms with Crippen LogP contribution in [0.3, 0.4) is 0 Å². The van der Waals surface area contributed by atoms with E-state index in [9.17, 15) is 4.79 Å². The van der Waals surface area contributed by atoms with Crippen LogP contribution in [0.15, 0.2) is 90.3 Å². The molecule has 1 aliphatic heterocycles. The summed E-state index contributed by atoms with van der Waals surface area (Å²) in [5, 5.41) is 6.26. The van der Waals surface area contributed by atoms with Gasteiger partial charge in [0.25, 0.3) is 5.91 Å². The van der Waals surface area contributed by atoms with Crippen LogP contribution in [0, 0.1) is 0 Å². The SMILES string of the molecule is O=C(c1cccnc1)N1N=C(c2ccccc2)CC1c1ccccc1. The van der Waals surface area contributed by atoms with E-state index in [4.69, 9.17) is 0 Å². The molecule has 25 heavy (non-hydrogen) atoms. The van der Waals surface area contributed by atoms with Crippen LogP contribution >= 0.6 is 0 Å². The van der Waals surface area contributed by atoms with Gasteiger partial charge in [-0.3, -0.25) is 9.78 Å². The number of aromatic nitrogens is 1. The number of amides is 1. The third-order valence-electron chi connectivity index (χ3n) is 4.32. The van der Waals surface area contributed by atoms with E-state index in [-0.39, 0.29) is 11.9 Å². The average molecular weight is 327 g/mol. The number of hydrazone groups is 1. The predicted molar refractivity (Wildman–Crippen MR) is 97.2 cm³/mol. The molecule has 1 aromatic heterocycles. The molecule has 1 amide bonds. The summed E-state index contributed by atoms with van der Waals surface area (Å²) in [6.07, 6.45) is 3.94. The molecule has 3 aromatic rings. The van der Waals surface area contributed by atoms with Crippen molar-refractivity contribution in [3.63, 3.8) is 0 Å². The molecule has 0 saturated heterocycles. The first-order chi connectivity index (χ1) is 12.3. The van der Waals surface area contributed by atoms with Crippen LogP contribution < -0.4 is 0 Å². The van der Waals surface area contributed by atoms with Crippen molar-refractivity contribution in [1.82, 2.24) is 9.99 Å². The molecule has 1 atom stereocenters. The summed E-state index contributed by atoms with van der Waals surface area (Å²) in [6, 6.07) is 23.5. The smallest absolute Gasteiger partial charge is 0.267 e. The van der Waals surface area contributed by atoms with Crippen molar-refractivity contribution >= 4 is 11.6 Å². The minimum absolute atomic E-state index is 0.107. The molecular formula is C21H17N3O. The molecule has 4 rings (SSSR count). The first-order valence-corrected chi connectivity index (χ1v) is 8.24. The zero-order chi connectivity index (χ0) is 17.1. The van der Waals surface area contributed by atoms with E-state index < -0.39 is 0 Å². The fourth-order valence-electron chi connectivity index (χ4n) is 3.06. The number of benzene rings is 2. The maximum absolute atomic E-state index is 13.0. The van der Waals surface area contributed by atoms with Crippen molar-refractivity contribution in [3.05, 3.63) is 102 Å². The predicted octanol–water partition coefficient (Wildman–Crippen LogP) is 4.07. The van der Waals surface area contributed by atoms with Gasteiger partial charge in [-0.1, -0.05) is 60.7 Å². The summed E-state index contributed by atoms with van der Waals surface area (Å²) in [5.74, 6) is -0.132. The zero-order valence-corrected chi connectivity index (χ0v) is 13.6.